The maximum absolute atomic E-state index is 10.3. The van der Waals surface area contributed by atoms with Crippen LogP contribution in [0.3, 0.4) is 0 Å². The van der Waals surface area contributed by atoms with Gasteiger partial charge in [0.2, 0.25) is 0 Å². The van der Waals surface area contributed by atoms with Crippen LogP contribution in [0.25, 0.3) is 0 Å². The highest BCUT2D eigenvalue weighted by atomic mass is 79.9. The third-order valence-corrected chi connectivity index (χ3v) is 3.57. The van der Waals surface area contributed by atoms with Gasteiger partial charge >= 0.3 is 0 Å². The molecule has 1 N–H and O–H groups in total. The number of halogens is 2. The van der Waals surface area contributed by atoms with Crippen LogP contribution in [-0.2, 0) is 0 Å². The molecule has 1 atom stereocenters. The van der Waals surface area contributed by atoms with Crippen LogP contribution in [0.15, 0.2) is 46.9 Å². The van der Waals surface area contributed by atoms with Gasteiger partial charge in [0.05, 0.1) is 0 Å². The van der Waals surface area contributed by atoms with Crippen LogP contribution in [0, 0.1) is 6.92 Å². The van der Waals surface area contributed by atoms with E-state index in [-0.39, 0.29) is 0 Å². The number of hydrogen-bond acceptors (Lipinski definition) is 1. The summed E-state index contributed by atoms with van der Waals surface area (Å²) in [5, 5.41) is 10.9. The van der Waals surface area contributed by atoms with Crippen molar-refractivity contribution in [3.8, 4) is 0 Å². The molecule has 0 saturated heterocycles. The molecule has 0 bridgehead atoms. The second kappa shape index (κ2) is 5.21. The van der Waals surface area contributed by atoms with E-state index in [4.69, 9.17) is 11.6 Å². The van der Waals surface area contributed by atoms with Crippen molar-refractivity contribution >= 4 is 27.5 Å². The lowest BCUT2D eigenvalue weighted by atomic mass is 10.0. The summed E-state index contributed by atoms with van der Waals surface area (Å²) in [5.74, 6) is 0. The average Bonchev–Trinajstić information content (AvgIpc) is 2.29. The Morgan fingerprint density at radius 3 is 2.35 bits per heavy atom. The molecule has 3 heteroatoms. The number of rotatable bonds is 2. The lowest BCUT2D eigenvalue weighted by Gasteiger charge is -2.13. The highest BCUT2D eigenvalue weighted by molar-refractivity contribution is 9.10. The molecular formula is C14H12BrClO. The van der Waals surface area contributed by atoms with Gasteiger partial charge in [-0.05, 0) is 30.2 Å². The van der Waals surface area contributed by atoms with Crippen molar-refractivity contribution in [3.63, 3.8) is 0 Å². The first-order valence-corrected chi connectivity index (χ1v) is 6.44. The summed E-state index contributed by atoms with van der Waals surface area (Å²) in [6.45, 7) is 2.02. The minimum atomic E-state index is -0.637. The Labute approximate surface area is 114 Å². The maximum atomic E-state index is 10.3. The molecule has 1 nitrogen and oxygen atoms in total. The summed E-state index contributed by atoms with van der Waals surface area (Å²) in [5.41, 5.74) is 2.87. The van der Waals surface area contributed by atoms with Crippen molar-refractivity contribution in [1.82, 2.24) is 0 Å². The fraction of sp³-hybridized carbons (Fsp3) is 0.143. The summed E-state index contributed by atoms with van der Waals surface area (Å²) >= 11 is 9.29. The lowest BCUT2D eigenvalue weighted by Crippen LogP contribution is -2.00. The van der Waals surface area contributed by atoms with E-state index in [0.717, 1.165) is 15.6 Å². The van der Waals surface area contributed by atoms with Crippen molar-refractivity contribution in [2.75, 3.05) is 0 Å². The monoisotopic (exact) mass is 310 g/mol. The molecule has 0 saturated carbocycles. The molecule has 0 aliphatic heterocycles. The molecule has 0 heterocycles. The Morgan fingerprint density at radius 1 is 1.12 bits per heavy atom. The van der Waals surface area contributed by atoms with E-state index >= 15 is 0 Å². The van der Waals surface area contributed by atoms with E-state index < -0.39 is 6.10 Å². The number of aliphatic hydroxyl groups is 1. The van der Waals surface area contributed by atoms with Crippen LogP contribution >= 0.6 is 27.5 Å². The van der Waals surface area contributed by atoms with Gasteiger partial charge in [0.1, 0.15) is 6.10 Å². The molecule has 1 unspecified atom stereocenters. The summed E-state index contributed by atoms with van der Waals surface area (Å²) in [6, 6.07) is 13.2. The van der Waals surface area contributed by atoms with Gasteiger partial charge in [-0.3, -0.25) is 0 Å². The molecule has 2 aromatic rings. The van der Waals surface area contributed by atoms with Crippen LogP contribution in [0.4, 0.5) is 0 Å². The second-order valence-electron chi connectivity index (χ2n) is 3.98. The SMILES string of the molecule is Cc1ccc(C(O)c2ccc(Cl)cc2Br)cc1. The Morgan fingerprint density at radius 2 is 1.76 bits per heavy atom. The zero-order valence-electron chi connectivity index (χ0n) is 9.32. The molecule has 0 aromatic heterocycles. The van der Waals surface area contributed by atoms with Gasteiger partial charge in [0, 0.05) is 9.50 Å². The van der Waals surface area contributed by atoms with Crippen molar-refractivity contribution < 1.29 is 5.11 Å². The smallest absolute Gasteiger partial charge is 0.105 e. The predicted octanol–water partition coefficient (Wildman–Crippen LogP) is 4.49. The number of hydrogen-bond donors (Lipinski definition) is 1. The van der Waals surface area contributed by atoms with Crippen LogP contribution in [0.1, 0.15) is 22.8 Å². The maximum Gasteiger partial charge on any atom is 0.105 e. The van der Waals surface area contributed by atoms with E-state index in [1.807, 2.05) is 37.3 Å². The molecule has 2 rings (SSSR count). The van der Waals surface area contributed by atoms with Crippen molar-refractivity contribution in [1.29, 1.82) is 0 Å². The Bertz CT molecular complexity index is 522. The molecule has 0 aliphatic carbocycles. The number of benzene rings is 2. The van der Waals surface area contributed by atoms with E-state index in [2.05, 4.69) is 15.9 Å². The Kier molecular flexibility index (Phi) is 3.87. The topological polar surface area (TPSA) is 20.2 Å². The van der Waals surface area contributed by atoms with Crippen molar-refractivity contribution in [2.45, 2.75) is 13.0 Å². The van der Waals surface area contributed by atoms with Crippen LogP contribution in [0.2, 0.25) is 5.02 Å². The molecule has 17 heavy (non-hydrogen) atoms. The quantitative estimate of drug-likeness (QED) is 0.866. The highest BCUT2D eigenvalue weighted by Crippen LogP contribution is 2.30. The molecule has 0 radical (unpaired) electrons. The van der Waals surface area contributed by atoms with Gasteiger partial charge in [-0.25, -0.2) is 0 Å². The normalized spacial score (nSPS) is 12.5. The molecule has 0 aliphatic rings. The molecule has 0 amide bonds. The first kappa shape index (κ1) is 12.6. The Balaban J connectivity index is 2.36. The largest absolute Gasteiger partial charge is 0.384 e. The van der Waals surface area contributed by atoms with Gasteiger partial charge in [-0.2, -0.15) is 0 Å². The zero-order chi connectivity index (χ0) is 12.4. The molecule has 0 fully saturated rings. The van der Waals surface area contributed by atoms with E-state index in [1.54, 1.807) is 12.1 Å². The third-order valence-electron chi connectivity index (χ3n) is 2.65. The molecular weight excluding hydrogens is 300 g/mol. The first-order chi connectivity index (χ1) is 8.08. The fourth-order valence-corrected chi connectivity index (χ4v) is 2.55. The number of aliphatic hydroxyl groups excluding tert-OH is 1. The van der Waals surface area contributed by atoms with Crippen molar-refractivity contribution in [3.05, 3.63) is 68.7 Å². The zero-order valence-corrected chi connectivity index (χ0v) is 11.7. The average molecular weight is 312 g/mol. The molecule has 88 valence electrons. The molecule has 0 spiro atoms. The van der Waals surface area contributed by atoms with Gasteiger partial charge in [-0.1, -0.05) is 63.4 Å². The van der Waals surface area contributed by atoms with Gasteiger partial charge < -0.3 is 5.11 Å². The minimum absolute atomic E-state index is 0.637. The highest BCUT2D eigenvalue weighted by Gasteiger charge is 2.13. The first-order valence-electron chi connectivity index (χ1n) is 5.27. The Hall–Kier alpha value is -0.830. The second-order valence-corrected chi connectivity index (χ2v) is 5.27. The van der Waals surface area contributed by atoms with Crippen LogP contribution in [-0.4, -0.2) is 5.11 Å². The lowest BCUT2D eigenvalue weighted by molar-refractivity contribution is 0.219. The molecule has 2 aromatic carbocycles. The van der Waals surface area contributed by atoms with Gasteiger partial charge in [-0.15, -0.1) is 0 Å². The van der Waals surface area contributed by atoms with Gasteiger partial charge in [0.15, 0.2) is 0 Å². The summed E-state index contributed by atoms with van der Waals surface area (Å²) in [4.78, 5) is 0. The number of aryl methyl sites for hydroxylation is 1. The minimum Gasteiger partial charge on any atom is -0.384 e. The van der Waals surface area contributed by atoms with E-state index in [0.29, 0.717) is 5.02 Å². The van der Waals surface area contributed by atoms with E-state index in [9.17, 15) is 5.11 Å². The van der Waals surface area contributed by atoms with Gasteiger partial charge in [0.25, 0.3) is 0 Å². The standard InChI is InChI=1S/C14H12BrClO/c1-9-2-4-10(5-3-9)14(17)12-7-6-11(16)8-13(12)15/h2-8,14,17H,1H3. The van der Waals surface area contributed by atoms with Crippen molar-refractivity contribution in [2.24, 2.45) is 0 Å². The van der Waals surface area contributed by atoms with Crippen LogP contribution in [0.5, 0.6) is 0 Å². The third kappa shape index (κ3) is 2.89. The predicted molar refractivity (Wildman–Crippen MR) is 74.4 cm³/mol. The van der Waals surface area contributed by atoms with Crippen LogP contribution < -0.4 is 0 Å². The fourth-order valence-electron chi connectivity index (χ4n) is 1.65. The van der Waals surface area contributed by atoms with E-state index in [1.165, 1.54) is 5.56 Å². The summed E-state index contributed by atoms with van der Waals surface area (Å²) in [7, 11) is 0. The summed E-state index contributed by atoms with van der Waals surface area (Å²) < 4.78 is 0.818. The summed E-state index contributed by atoms with van der Waals surface area (Å²) in [6.07, 6.45) is -0.637.